The first-order valence-electron chi connectivity index (χ1n) is 7.00. The summed E-state index contributed by atoms with van der Waals surface area (Å²) in [5.41, 5.74) is 3.31. The largest absolute Gasteiger partial charge is 0.387 e. The number of aliphatic hydroxyl groups is 1. The molecule has 1 heterocycles. The first kappa shape index (κ1) is 13.1. The van der Waals surface area contributed by atoms with Crippen LogP contribution in [0.25, 0.3) is 0 Å². The van der Waals surface area contributed by atoms with Crippen molar-refractivity contribution in [3.8, 4) is 0 Å². The van der Waals surface area contributed by atoms with Crippen molar-refractivity contribution in [1.29, 1.82) is 0 Å². The fourth-order valence-electron chi connectivity index (χ4n) is 2.80. The van der Waals surface area contributed by atoms with Crippen LogP contribution in [-0.4, -0.2) is 18.2 Å². The van der Waals surface area contributed by atoms with Gasteiger partial charge in [0, 0.05) is 18.8 Å². The molecule has 1 aliphatic rings. The normalized spacial score (nSPS) is 15.8. The van der Waals surface area contributed by atoms with Gasteiger partial charge in [-0.05, 0) is 42.2 Å². The zero-order valence-corrected chi connectivity index (χ0v) is 11.3. The van der Waals surface area contributed by atoms with E-state index in [4.69, 9.17) is 0 Å². The van der Waals surface area contributed by atoms with Gasteiger partial charge < -0.3 is 10.0 Å². The van der Waals surface area contributed by atoms with Crippen molar-refractivity contribution >= 4 is 5.69 Å². The summed E-state index contributed by atoms with van der Waals surface area (Å²) in [5.74, 6) is -0.274. The third kappa shape index (κ3) is 2.68. The van der Waals surface area contributed by atoms with Gasteiger partial charge >= 0.3 is 0 Å². The molecule has 0 fully saturated rings. The van der Waals surface area contributed by atoms with Gasteiger partial charge in [-0.25, -0.2) is 4.39 Å². The van der Waals surface area contributed by atoms with E-state index in [9.17, 15) is 9.50 Å². The minimum absolute atomic E-state index is 0.274. The zero-order valence-electron chi connectivity index (χ0n) is 11.3. The molecule has 2 nitrogen and oxygen atoms in total. The summed E-state index contributed by atoms with van der Waals surface area (Å²) in [7, 11) is 0. The van der Waals surface area contributed by atoms with Crippen molar-refractivity contribution in [3.05, 3.63) is 65.5 Å². The van der Waals surface area contributed by atoms with E-state index in [0.29, 0.717) is 6.54 Å². The van der Waals surface area contributed by atoms with E-state index in [0.717, 1.165) is 24.9 Å². The molecule has 2 aromatic rings. The number of aryl methyl sites for hydroxylation is 1. The van der Waals surface area contributed by atoms with Crippen LogP contribution in [0.3, 0.4) is 0 Å². The first-order valence-corrected chi connectivity index (χ1v) is 7.00. The van der Waals surface area contributed by atoms with E-state index >= 15 is 0 Å². The number of hydrogen-bond acceptors (Lipinski definition) is 2. The van der Waals surface area contributed by atoms with Crippen LogP contribution in [0.2, 0.25) is 0 Å². The van der Waals surface area contributed by atoms with E-state index in [-0.39, 0.29) is 5.82 Å². The minimum atomic E-state index is -0.596. The van der Waals surface area contributed by atoms with Gasteiger partial charge in [-0.3, -0.25) is 0 Å². The number of halogens is 1. The molecule has 2 aromatic carbocycles. The third-order valence-electron chi connectivity index (χ3n) is 3.85. The standard InChI is InChI=1S/C17H18FNO/c18-15-9-7-14(8-10-15)17(20)12-19-11-3-5-13-4-1-2-6-16(13)19/h1-2,4,6-10,17,20H,3,5,11-12H2. The Morgan fingerprint density at radius 1 is 1.10 bits per heavy atom. The van der Waals surface area contributed by atoms with Gasteiger partial charge in [0.05, 0.1) is 6.10 Å². The van der Waals surface area contributed by atoms with Gasteiger partial charge in [0.1, 0.15) is 5.82 Å². The third-order valence-corrected chi connectivity index (χ3v) is 3.85. The number of para-hydroxylation sites is 1. The monoisotopic (exact) mass is 271 g/mol. The molecule has 20 heavy (non-hydrogen) atoms. The van der Waals surface area contributed by atoms with Crippen molar-refractivity contribution in [1.82, 2.24) is 0 Å². The summed E-state index contributed by atoms with van der Waals surface area (Å²) >= 11 is 0. The molecule has 1 aliphatic heterocycles. The lowest BCUT2D eigenvalue weighted by Crippen LogP contribution is -2.33. The Balaban J connectivity index is 1.77. The van der Waals surface area contributed by atoms with Gasteiger partial charge in [0.25, 0.3) is 0 Å². The highest BCUT2D eigenvalue weighted by atomic mass is 19.1. The van der Waals surface area contributed by atoms with E-state index in [1.807, 2.05) is 6.07 Å². The molecule has 0 saturated carbocycles. The molecule has 0 aliphatic carbocycles. The Morgan fingerprint density at radius 2 is 1.85 bits per heavy atom. The topological polar surface area (TPSA) is 23.5 Å². The Morgan fingerprint density at radius 3 is 2.65 bits per heavy atom. The smallest absolute Gasteiger partial charge is 0.123 e. The predicted molar refractivity (Wildman–Crippen MR) is 78.3 cm³/mol. The molecule has 3 rings (SSSR count). The van der Waals surface area contributed by atoms with Crippen molar-refractivity contribution in [2.24, 2.45) is 0 Å². The van der Waals surface area contributed by atoms with E-state index in [1.165, 1.54) is 23.4 Å². The van der Waals surface area contributed by atoms with Gasteiger partial charge in [0.15, 0.2) is 0 Å². The summed E-state index contributed by atoms with van der Waals surface area (Å²) in [6.07, 6.45) is 1.61. The lowest BCUT2D eigenvalue weighted by Gasteiger charge is -2.33. The number of rotatable bonds is 3. The molecular weight excluding hydrogens is 253 g/mol. The van der Waals surface area contributed by atoms with Crippen molar-refractivity contribution in [2.45, 2.75) is 18.9 Å². The van der Waals surface area contributed by atoms with Crippen LogP contribution < -0.4 is 4.90 Å². The highest BCUT2D eigenvalue weighted by molar-refractivity contribution is 5.55. The molecule has 0 amide bonds. The van der Waals surface area contributed by atoms with Gasteiger partial charge in [-0.2, -0.15) is 0 Å². The van der Waals surface area contributed by atoms with Crippen LogP contribution in [0, 0.1) is 5.82 Å². The maximum atomic E-state index is 12.9. The number of β-amino-alcohol motifs (C(OH)–C–C–N with tert-alkyl or cyclic N) is 1. The maximum absolute atomic E-state index is 12.9. The zero-order chi connectivity index (χ0) is 13.9. The average molecular weight is 271 g/mol. The molecule has 0 saturated heterocycles. The fourth-order valence-corrected chi connectivity index (χ4v) is 2.80. The first-order chi connectivity index (χ1) is 9.74. The van der Waals surface area contributed by atoms with E-state index < -0.39 is 6.10 Å². The molecule has 0 radical (unpaired) electrons. The second kappa shape index (κ2) is 5.63. The average Bonchev–Trinajstić information content (AvgIpc) is 2.48. The Kier molecular flexibility index (Phi) is 3.70. The summed E-state index contributed by atoms with van der Waals surface area (Å²) in [6.45, 7) is 1.50. The second-order valence-corrected chi connectivity index (χ2v) is 5.25. The molecule has 0 spiro atoms. The van der Waals surface area contributed by atoms with E-state index in [2.05, 4.69) is 23.1 Å². The number of nitrogens with zero attached hydrogens (tertiary/aromatic N) is 1. The Labute approximate surface area is 118 Å². The van der Waals surface area contributed by atoms with Crippen LogP contribution in [0.15, 0.2) is 48.5 Å². The number of aliphatic hydroxyl groups excluding tert-OH is 1. The van der Waals surface area contributed by atoms with Crippen molar-refractivity contribution in [2.75, 3.05) is 18.0 Å². The summed E-state index contributed by atoms with van der Waals surface area (Å²) < 4.78 is 12.9. The van der Waals surface area contributed by atoms with Crippen LogP contribution in [-0.2, 0) is 6.42 Å². The van der Waals surface area contributed by atoms with Crippen LogP contribution in [0.4, 0.5) is 10.1 Å². The number of anilines is 1. The maximum Gasteiger partial charge on any atom is 0.123 e. The Bertz CT molecular complexity index is 582. The second-order valence-electron chi connectivity index (χ2n) is 5.25. The molecule has 3 heteroatoms. The molecule has 0 bridgehead atoms. The number of benzene rings is 2. The highest BCUT2D eigenvalue weighted by Crippen LogP contribution is 2.28. The van der Waals surface area contributed by atoms with Crippen LogP contribution in [0.5, 0.6) is 0 Å². The molecule has 1 N–H and O–H groups in total. The highest BCUT2D eigenvalue weighted by Gasteiger charge is 2.19. The van der Waals surface area contributed by atoms with Crippen molar-refractivity contribution in [3.63, 3.8) is 0 Å². The molecule has 1 unspecified atom stereocenters. The summed E-state index contributed by atoms with van der Waals surface area (Å²) in [4.78, 5) is 2.22. The van der Waals surface area contributed by atoms with Crippen LogP contribution >= 0.6 is 0 Å². The van der Waals surface area contributed by atoms with E-state index in [1.54, 1.807) is 12.1 Å². The van der Waals surface area contributed by atoms with Crippen molar-refractivity contribution < 1.29 is 9.50 Å². The quantitative estimate of drug-likeness (QED) is 0.925. The lowest BCUT2D eigenvalue weighted by atomic mass is 10.0. The van der Waals surface area contributed by atoms with Gasteiger partial charge in [-0.1, -0.05) is 30.3 Å². The van der Waals surface area contributed by atoms with Gasteiger partial charge in [0.2, 0.25) is 0 Å². The summed E-state index contributed by atoms with van der Waals surface area (Å²) in [5, 5.41) is 10.3. The lowest BCUT2D eigenvalue weighted by molar-refractivity contribution is 0.182. The Hall–Kier alpha value is -1.87. The van der Waals surface area contributed by atoms with Crippen LogP contribution in [0.1, 0.15) is 23.7 Å². The SMILES string of the molecule is OC(CN1CCCc2ccccc21)c1ccc(F)cc1. The summed E-state index contributed by atoms with van der Waals surface area (Å²) in [6, 6.07) is 14.4. The molecule has 1 atom stereocenters. The number of fused-ring (bicyclic) bond motifs is 1. The molecule has 0 aromatic heterocycles. The molecule has 104 valence electrons. The predicted octanol–water partition coefficient (Wildman–Crippen LogP) is 3.31. The minimum Gasteiger partial charge on any atom is -0.387 e. The van der Waals surface area contributed by atoms with Gasteiger partial charge in [-0.15, -0.1) is 0 Å². The molecular formula is C17H18FNO. The fraction of sp³-hybridized carbons (Fsp3) is 0.294. The number of hydrogen-bond donors (Lipinski definition) is 1.